The number of nitrogens with zero attached hydrogens (tertiary/aromatic N) is 3. The highest BCUT2D eigenvalue weighted by Crippen LogP contribution is 2.46. The van der Waals surface area contributed by atoms with Gasteiger partial charge in [-0.3, -0.25) is 9.55 Å². The Morgan fingerprint density at radius 2 is 1.15 bits per heavy atom. The lowest BCUT2D eigenvalue weighted by atomic mass is 9.79. The van der Waals surface area contributed by atoms with Crippen molar-refractivity contribution in [2.45, 2.75) is 59.8 Å². The third-order valence-corrected chi connectivity index (χ3v) is 13.1. The molecule has 0 unspecified atom stereocenters. The standard InChI is InChI=1S/C64H57N3O/c1-41(2)44-27-29-46(30-28-44)49-31-32-65-58(38-49)52-36-50(45-19-12-9-13-20-45)35-51(37-52)53-25-18-26-59-61(53)66-63(56-34-42(3)33-43(4)62(56)68-8)67(59)60-40-54(47-21-14-10-15-22-47)57(64(5,6)7)39-55(60)48-23-16-11-17-24-48/h9-41H,1-8H3/i41D. The third-order valence-electron chi connectivity index (χ3n) is 13.1. The van der Waals surface area contributed by atoms with Gasteiger partial charge in [-0.2, -0.15) is 0 Å². The zero-order chi connectivity index (χ0) is 48.0. The molecule has 10 rings (SSSR count). The zero-order valence-electron chi connectivity index (χ0n) is 41.2. The van der Waals surface area contributed by atoms with E-state index in [9.17, 15) is 0 Å². The van der Waals surface area contributed by atoms with Crippen molar-refractivity contribution in [3.8, 4) is 89.7 Å². The van der Waals surface area contributed by atoms with Crippen molar-refractivity contribution in [2.75, 3.05) is 7.11 Å². The highest BCUT2D eigenvalue weighted by Gasteiger charge is 2.27. The SMILES string of the molecule is [2H]C(C)(C)c1ccc(-c2ccnc(-c3cc(-c4ccccc4)cc(-c4cccc5c4nc(-c4cc(C)cc(C)c4OC)n5-c4cc(-c5ccccc5)c(C(C)(C)C)cc4-c4ccccc4)c3)c2)cc1. The van der Waals surface area contributed by atoms with Gasteiger partial charge in [0.2, 0.25) is 0 Å². The molecule has 0 radical (unpaired) electrons. The molecule has 4 heteroatoms. The Hall–Kier alpha value is -7.82. The van der Waals surface area contributed by atoms with Gasteiger partial charge in [0.15, 0.2) is 0 Å². The van der Waals surface area contributed by atoms with Crippen LogP contribution in [0.25, 0.3) is 95.0 Å². The summed E-state index contributed by atoms with van der Waals surface area (Å²) >= 11 is 0. The number of methoxy groups -OCH3 is 1. The zero-order valence-corrected chi connectivity index (χ0v) is 40.2. The van der Waals surface area contributed by atoms with Crippen molar-refractivity contribution in [1.29, 1.82) is 0 Å². The Morgan fingerprint density at radius 1 is 0.529 bits per heavy atom. The molecular formula is C64H57N3O. The van der Waals surface area contributed by atoms with Gasteiger partial charge in [-0.05, 0) is 147 Å². The molecule has 0 aliphatic carbocycles. The van der Waals surface area contributed by atoms with Crippen LogP contribution in [0.4, 0.5) is 0 Å². The second-order valence-electron chi connectivity index (χ2n) is 19.2. The summed E-state index contributed by atoms with van der Waals surface area (Å²) in [5.41, 5.74) is 20.9. The van der Waals surface area contributed by atoms with Gasteiger partial charge < -0.3 is 4.74 Å². The second-order valence-corrected chi connectivity index (χ2v) is 19.2. The molecule has 0 saturated heterocycles. The fourth-order valence-corrected chi connectivity index (χ4v) is 9.74. The molecule has 0 spiro atoms. The van der Waals surface area contributed by atoms with Crippen molar-refractivity contribution in [3.05, 3.63) is 217 Å². The van der Waals surface area contributed by atoms with Crippen LogP contribution in [-0.4, -0.2) is 21.6 Å². The van der Waals surface area contributed by atoms with Crippen LogP contribution in [0.3, 0.4) is 0 Å². The smallest absolute Gasteiger partial charge is 0.149 e. The van der Waals surface area contributed by atoms with E-state index in [2.05, 4.69) is 227 Å². The van der Waals surface area contributed by atoms with E-state index in [4.69, 9.17) is 16.1 Å². The van der Waals surface area contributed by atoms with Gasteiger partial charge in [0, 0.05) is 24.3 Å². The first-order chi connectivity index (χ1) is 33.2. The fourth-order valence-electron chi connectivity index (χ4n) is 9.74. The molecule has 10 aromatic rings. The molecule has 2 heterocycles. The van der Waals surface area contributed by atoms with Gasteiger partial charge in [0.1, 0.15) is 11.6 Å². The molecule has 68 heavy (non-hydrogen) atoms. The van der Waals surface area contributed by atoms with Crippen molar-refractivity contribution >= 4 is 11.0 Å². The minimum atomic E-state index is -0.674. The molecule has 0 N–H and O–H groups in total. The molecule has 8 aromatic carbocycles. The number of imidazole rings is 1. The predicted molar refractivity (Wildman–Crippen MR) is 286 cm³/mol. The van der Waals surface area contributed by atoms with Crippen molar-refractivity contribution in [3.63, 3.8) is 0 Å². The maximum atomic E-state index is 8.56. The van der Waals surface area contributed by atoms with Gasteiger partial charge >= 0.3 is 0 Å². The largest absolute Gasteiger partial charge is 0.496 e. The number of aromatic nitrogens is 3. The van der Waals surface area contributed by atoms with Crippen LogP contribution in [0.15, 0.2) is 194 Å². The summed E-state index contributed by atoms with van der Waals surface area (Å²) in [6.45, 7) is 15.0. The van der Waals surface area contributed by atoms with Crippen LogP contribution in [0.1, 0.15) is 64.1 Å². The molecule has 0 fully saturated rings. The predicted octanol–water partition coefficient (Wildman–Crippen LogP) is 17.1. The lowest BCUT2D eigenvalue weighted by Gasteiger charge is -2.27. The van der Waals surface area contributed by atoms with Crippen LogP contribution in [0, 0.1) is 13.8 Å². The number of aryl methyl sites for hydroxylation is 2. The van der Waals surface area contributed by atoms with Crippen LogP contribution < -0.4 is 4.74 Å². The highest BCUT2D eigenvalue weighted by atomic mass is 16.5. The molecular weight excluding hydrogens is 827 g/mol. The van der Waals surface area contributed by atoms with E-state index in [0.29, 0.717) is 0 Å². The van der Waals surface area contributed by atoms with Gasteiger partial charge in [0.25, 0.3) is 0 Å². The first-order valence-corrected chi connectivity index (χ1v) is 23.5. The highest BCUT2D eigenvalue weighted by molar-refractivity contribution is 5.99. The number of ether oxygens (including phenoxy) is 1. The molecule has 334 valence electrons. The Labute approximate surface area is 403 Å². The van der Waals surface area contributed by atoms with E-state index >= 15 is 0 Å². The summed E-state index contributed by atoms with van der Waals surface area (Å²) in [6.07, 6.45) is 1.90. The Kier molecular flexibility index (Phi) is 11.4. The minimum absolute atomic E-state index is 0.156. The lowest BCUT2D eigenvalue weighted by molar-refractivity contribution is 0.413. The molecule has 0 aliphatic heterocycles. The number of para-hydroxylation sites is 1. The van der Waals surface area contributed by atoms with Crippen molar-refractivity contribution in [2.24, 2.45) is 0 Å². The monoisotopic (exact) mass is 884 g/mol. The van der Waals surface area contributed by atoms with E-state index in [-0.39, 0.29) is 5.41 Å². The lowest BCUT2D eigenvalue weighted by Crippen LogP contribution is -2.14. The summed E-state index contributed by atoms with van der Waals surface area (Å²) in [5.74, 6) is 0.925. The molecule has 0 saturated carbocycles. The summed E-state index contributed by atoms with van der Waals surface area (Å²) in [7, 11) is 1.76. The van der Waals surface area contributed by atoms with Crippen LogP contribution in [-0.2, 0) is 5.41 Å². The van der Waals surface area contributed by atoms with E-state index in [0.717, 1.165) is 112 Å². The quantitative estimate of drug-likeness (QED) is 0.137. The average Bonchev–Trinajstić information content (AvgIpc) is 3.76. The van der Waals surface area contributed by atoms with E-state index < -0.39 is 5.89 Å². The summed E-state index contributed by atoms with van der Waals surface area (Å²) in [5, 5.41) is 0. The summed E-state index contributed by atoms with van der Waals surface area (Å²) in [4.78, 5) is 10.8. The molecule has 0 aliphatic rings. The normalized spacial score (nSPS) is 12.0. The first kappa shape index (κ1) is 42.8. The second kappa shape index (κ2) is 18.1. The molecule has 2 aromatic heterocycles. The number of fused-ring (bicyclic) bond motifs is 1. The fraction of sp³-hybridized carbons (Fsp3) is 0.156. The number of hydrogen-bond acceptors (Lipinski definition) is 3. The molecule has 4 nitrogen and oxygen atoms in total. The van der Waals surface area contributed by atoms with Crippen LogP contribution in [0.5, 0.6) is 5.75 Å². The third kappa shape index (κ3) is 8.43. The van der Waals surface area contributed by atoms with E-state index in [1.807, 2.05) is 20.0 Å². The van der Waals surface area contributed by atoms with Gasteiger partial charge in [0.05, 0.1) is 35.1 Å². The number of benzene rings is 8. The summed E-state index contributed by atoms with van der Waals surface area (Å²) < 4.78 is 17.2. The summed E-state index contributed by atoms with van der Waals surface area (Å²) in [6, 6.07) is 67.2. The number of pyridine rings is 1. The maximum absolute atomic E-state index is 8.56. The van der Waals surface area contributed by atoms with Gasteiger partial charge in [-0.1, -0.05) is 168 Å². The van der Waals surface area contributed by atoms with Gasteiger partial charge in [-0.25, -0.2) is 4.98 Å². The van der Waals surface area contributed by atoms with E-state index in [1.165, 1.54) is 11.1 Å². The molecule has 0 amide bonds. The van der Waals surface area contributed by atoms with Crippen molar-refractivity contribution in [1.82, 2.24) is 14.5 Å². The van der Waals surface area contributed by atoms with Crippen molar-refractivity contribution < 1.29 is 6.11 Å². The average molecular weight is 885 g/mol. The minimum Gasteiger partial charge on any atom is -0.496 e. The number of hydrogen-bond donors (Lipinski definition) is 0. The van der Waals surface area contributed by atoms with Crippen LogP contribution in [0.2, 0.25) is 0 Å². The van der Waals surface area contributed by atoms with E-state index in [1.54, 1.807) is 7.11 Å². The van der Waals surface area contributed by atoms with Gasteiger partial charge in [-0.15, -0.1) is 0 Å². The Bertz CT molecular complexity index is 3490. The topological polar surface area (TPSA) is 39.9 Å². The molecule has 0 bridgehead atoms. The Morgan fingerprint density at radius 3 is 1.79 bits per heavy atom. The molecule has 0 atom stereocenters. The number of rotatable bonds is 10. The maximum Gasteiger partial charge on any atom is 0.149 e. The van der Waals surface area contributed by atoms with Crippen LogP contribution >= 0.6 is 0 Å². The Balaban J connectivity index is 1.26. The first-order valence-electron chi connectivity index (χ1n) is 24.0.